The summed E-state index contributed by atoms with van der Waals surface area (Å²) in [5, 5.41) is 1.39. The van der Waals surface area contributed by atoms with Gasteiger partial charge in [-0.25, -0.2) is 0 Å². The first-order valence-corrected chi connectivity index (χ1v) is 5.47. The molecule has 78 valence electrons. The maximum atomic E-state index is 5.69. The molecule has 1 aliphatic rings. The van der Waals surface area contributed by atoms with Crippen molar-refractivity contribution in [2.45, 2.75) is 19.4 Å². The Hall–Kier alpha value is -1.28. The topological polar surface area (TPSA) is 14.2 Å². The molecule has 3 rings (SSSR count). The minimum absolute atomic E-state index is 0.228. The Kier molecular flexibility index (Phi) is 1.86. The molecule has 0 radical (unpaired) electrons. The summed E-state index contributed by atoms with van der Waals surface area (Å²) in [6.45, 7) is 2.99. The third-order valence-electron chi connectivity index (χ3n) is 3.37. The molecule has 0 aliphatic carbocycles. The number of fused-ring (bicyclic) bond motifs is 3. The number of aryl methyl sites for hydroxylation is 1. The molecule has 1 atom stereocenters. The van der Waals surface area contributed by atoms with Gasteiger partial charge in [-0.3, -0.25) is 0 Å². The first-order valence-electron chi connectivity index (χ1n) is 5.47. The maximum Gasteiger partial charge on any atom is 0.0949 e. The molecule has 1 unspecified atom stereocenters. The van der Waals surface area contributed by atoms with E-state index in [1.165, 1.54) is 22.2 Å². The van der Waals surface area contributed by atoms with Crippen molar-refractivity contribution in [3.8, 4) is 0 Å². The van der Waals surface area contributed by atoms with Crippen molar-refractivity contribution in [2.75, 3.05) is 6.61 Å². The molecule has 1 aromatic carbocycles. The minimum atomic E-state index is 0.228. The van der Waals surface area contributed by atoms with Gasteiger partial charge < -0.3 is 9.30 Å². The molecule has 1 aromatic heterocycles. The number of para-hydroxylation sites is 1. The van der Waals surface area contributed by atoms with Gasteiger partial charge in [0.2, 0.25) is 0 Å². The third-order valence-corrected chi connectivity index (χ3v) is 3.37. The molecule has 15 heavy (non-hydrogen) atoms. The van der Waals surface area contributed by atoms with Gasteiger partial charge >= 0.3 is 0 Å². The van der Waals surface area contributed by atoms with Crippen molar-refractivity contribution in [1.82, 2.24) is 4.57 Å². The molecular weight excluding hydrogens is 186 g/mol. The summed E-state index contributed by atoms with van der Waals surface area (Å²) in [4.78, 5) is 0. The Labute approximate surface area is 89.5 Å². The van der Waals surface area contributed by atoms with Gasteiger partial charge in [0.25, 0.3) is 0 Å². The number of rotatable bonds is 0. The highest BCUT2D eigenvalue weighted by molar-refractivity contribution is 5.85. The lowest BCUT2D eigenvalue weighted by Gasteiger charge is -2.21. The van der Waals surface area contributed by atoms with Gasteiger partial charge in [0, 0.05) is 18.0 Å². The molecule has 0 saturated carbocycles. The van der Waals surface area contributed by atoms with Crippen LogP contribution in [0.2, 0.25) is 0 Å². The van der Waals surface area contributed by atoms with E-state index in [2.05, 4.69) is 42.8 Å². The van der Waals surface area contributed by atoms with E-state index in [1.54, 1.807) is 0 Å². The van der Waals surface area contributed by atoms with Crippen LogP contribution in [0.3, 0.4) is 0 Å². The molecule has 1 aliphatic heterocycles. The van der Waals surface area contributed by atoms with E-state index >= 15 is 0 Å². The number of hydrogen-bond acceptors (Lipinski definition) is 1. The number of nitrogens with zero attached hydrogens (tertiary/aromatic N) is 1. The van der Waals surface area contributed by atoms with Crippen LogP contribution in [-0.4, -0.2) is 11.2 Å². The minimum Gasteiger partial charge on any atom is -0.372 e. The Bertz CT molecular complexity index is 512. The van der Waals surface area contributed by atoms with Crippen LogP contribution in [0.4, 0.5) is 0 Å². The Morgan fingerprint density at radius 1 is 1.33 bits per heavy atom. The summed E-state index contributed by atoms with van der Waals surface area (Å²) < 4.78 is 7.97. The lowest BCUT2D eigenvalue weighted by Crippen LogP contribution is -2.15. The van der Waals surface area contributed by atoms with Crippen molar-refractivity contribution in [3.63, 3.8) is 0 Å². The van der Waals surface area contributed by atoms with Crippen molar-refractivity contribution in [2.24, 2.45) is 7.05 Å². The summed E-state index contributed by atoms with van der Waals surface area (Å²) in [5.74, 6) is 0. The molecule has 0 saturated heterocycles. The Balaban J connectivity index is 2.40. The van der Waals surface area contributed by atoms with E-state index in [0.717, 1.165) is 13.0 Å². The van der Waals surface area contributed by atoms with Gasteiger partial charge in [-0.15, -0.1) is 0 Å². The second-order valence-corrected chi connectivity index (χ2v) is 4.20. The Morgan fingerprint density at radius 3 is 3.00 bits per heavy atom. The average Bonchev–Trinajstić information content (AvgIpc) is 2.55. The molecule has 2 aromatic rings. The number of ether oxygens (including phenoxy) is 1. The molecule has 0 amide bonds. The molecule has 2 nitrogen and oxygen atoms in total. The molecule has 0 bridgehead atoms. The van der Waals surface area contributed by atoms with Gasteiger partial charge in [-0.05, 0) is 25.0 Å². The zero-order chi connectivity index (χ0) is 10.4. The van der Waals surface area contributed by atoms with E-state index in [0.29, 0.717) is 0 Å². The molecular formula is C13H15NO. The first-order chi connectivity index (χ1) is 7.29. The van der Waals surface area contributed by atoms with Crippen LogP contribution in [0.5, 0.6) is 0 Å². The average molecular weight is 201 g/mol. The lowest BCUT2D eigenvalue weighted by atomic mass is 10.0. The SMILES string of the molecule is CC1OCCc2c1n(C)c1ccccc21. The summed E-state index contributed by atoms with van der Waals surface area (Å²) in [5.41, 5.74) is 4.15. The monoisotopic (exact) mass is 201 g/mol. The summed E-state index contributed by atoms with van der Waals surface area (Å²) in [6, 6.07) is 8.61. The van der Waals surface area contributed by atoms with Gasteiger partial charge in [-0.1, -0.05) is 18.2 Å². The highest BCUT2D eigenvalue weighted by atomic mass is 16.5. The summed E-state index contributed by atoms with van der Waals surface area (Å²) >= 11 is 0. The van der Waals surface area contributed by atoms with Gasteiger partial charge in [0.1, 0.15) is 0 Å². The molecule has 2 heterocycles. The second kappa shape index (κ2) is 3.11. The van der Waals surface area contributed by atoms with Gasteiger partial charge in [-0.2, -0.15) is 0 Å². The highest BCUT2D eigenvalue weighted by Gasteiger charge is 2.23. The maximum absolute atomic E-state index is 5.69. The third kappa shape index (κ3) is 1.15. The van der Waals surface area contributed by atoms with Crippen LogP contribution in [-0.2, 0) is 18.2 Å². The first kappa shape index (κ1) is 8.98. The van der Waals surface area contributed by atoms with Crippen LogP contribution >= 0.6 is 0 Å². The van der Waals surface area contributed by atoms with Crippen LogP contribution in [0, 0.1) is 0 Å². The largest absolute Gasteiger partial charge is 0.372 e. The normalized spacial score (nSPS) is 20.5. The highest BCUT2D eigenvalue weighted by Crippen LogP contribution is 2.34. The fourth-order valence-corrected chi connectivity index (χ4v) is 2.69. The predicted molar refractivity (Wildman–Crippen MR) is 61.0 cm³/mol. The summed E-state index contributed by atoms with van der Waals surface area (Å²) in [7, 11) is 2.13. The van der Waals surface area contributed by atoms with Crippen molar-refractivity contribution < 1.29 is 4.74 Å². The van der Waals surface area contributed by atoms with E-state index in [9.17, 15) is 0 Å². The fourth-order valence-electron chi connectivity index (χ4n) is 2.69. The van der Waals surface area contributed by atoms with E-state index in [1.807, 2.05) is 0 Å². The van der Waals surface area contributed by atoms with E-state index < -0.39 is 0 Å². The van der Waals surface area contributed by atoms with Crippen LogP contribution in [0.25, 0.3) is 10.9 Å². The Morgan fingerprint density at radius 2 is 2.13 bits per heavy atom. The van der Waals surface area contributed by atoms with E-state index in [4.69, 9.17) is 4.74 Å². The second-order valence-electron chi connectivity index (χ2n) is 4.20. The fraction of sp³-hybridized carbons (Fsp3) is 0.385. The summed E-state index contributed by atoms with van der Waals surface area (Å²) in [6.07, 6.45) is 1.27. The van der Waals surface area contributed by atoms with Gasteiger partial charge in [0.05, 0.1) is 18.4 Å². The zero-order valence-electron chi connectivity index (χ0n) is 9.16. The van der Waals surface area contributed by atoms with Crippen LogP contribution in [0.15, 0.2) is 24.3 Å². The molecule has 0 spiro atoms. The molecule has 0 fully saturated rings. The van der Waals surface area contributed by atoms with Crippen LogP contribution in [0.1, 0.15) is 24.3 Å². The quantitative estimate of drug-likeness (QED) is 0.639. The standard InChI is InChI=1S/C13H15NO/c1-9-13-11(7-8-15-9)10-5-3-4-6-12(10)14(13)2/h3-6,9H,7-8H2,1-2H3. The number of benzene rings is 1. The van der Waals surface area contributed by atoms with Crippen LogP contribution < -0.4 is 0 Å². The smallest absolute Gasteiger partial charge is 0.0949 e. The predicted octanol–water partition coefficient (Wildman–Crippen LogP) is 2.81. The lowest BCUT2D eigenvalue weighted by molar-refractivity contribution is 0.0509. The molecule has 0 N–H and O–H groups in total. The zero-order valence-corrected chi connectivity index (χ0v) is 9.16. The van der Waals surface area contributed by atoms with Crippen molar-refractivity contribution >= 4 is 10.9 Å². The molecule has 2 heteroatoms. The van der Waals surface area contributed by atoms with Crippen molar-refractivity contribution in [1.29, 1.82) is 0 Å². The van der Waals surface area contributed by atoms with Crippen molar-refractivity contribution in [3.05, 3.63) is 35.5 Å². The number of hydrogen-bond donors (Lipinski definition) is 0. The number of aromatic nitrogens is 1. The van der Waals surface area contributed by atoms with E-state index in [-0.39, 0.29) is 6.10 Å². The van der Waals surface area contributed by atoms with Gasteiger partial charge in [0.15, 0.2) is 0 Å².